The molecule has 0 nitrogen and oxygen atoms in total. The van der Waals surface area contributed by atoms with E-state index in [9.17, 15) is 0 Å². The molecule has 0 aromatic heterocycles. The number of halogens is 2. The molecule has 0 aliphatic heterocycles. The highest BCUT2D eigenvalue weighted by atomic mass is 79.9. The Bertz CT molecular complexity index is 274. The van der Waals surface area contributed by atoms with Crippen LogP contribution in [-0.2, 0) is 0 Å². The quantitative estimate of drug-likeness (QED) is 0.312. The molecule has 0 saturated heterocycles. The lowest BCUT2D eigenvalue weighted by molar-refractivity contribution is 0.761. The first kappa shape index (κ1) is 15.5. The van der Waals surface area contributed by atoms with Crippen LogP contribution in [0.25, 0.3) is 0 Å². The molecular formula is C14H20Br2S2. The van der Waals surface area contributed by atoms with E-state index in [0.717, 1.165) is 10.5 Å². The average molecular weight is 412 g/mol. The van der Waals surface area contributed by atoms with Crippen molar-refractivity contribution in [1.29, 1.82) is 0 Å². The minimum Gasteiger partial charge on any atom is -0.0889 e. The van der Waals surface area contributed by atoms with E-state index in [1.807, 2.05) is 0 Å². The molecule has 0 N–H and O–H groups in total. The molecule has 4 atom stereocenters. The molecule has 2 aliphatic carbocycles. The van der Waals surface area contributed by atoms with Crippen molar-refractivity contribution in [1.82, 2.24) is 0 Å². The van der Waals surface area contributed by atoms with Gasteiger partial charge < -0.3 is 0 Å². The molecule has 0 saturated carbocycles. The fourth-order valence-corrected chi connectivity index (χ4v) is 7.99. The first-order chi connectivity index (χ1) is 8.77. The minimum atomic E-state index is 0.667. The van der Waals surface area contributed by atoms with Crippen molar-refractivity contribution in [3.8, 4) is 0 Å². The normalized spacial score (nSPS) is 37.2. The molecule has 0 bridgehead atoms. The number of hydrogen-bond acceptors (Lipinski definition) is 2. The van der Waals surface area contributed by atoms with Crippen LogP contribution in [0.3, 0.4) is 0 Å². The molecule has 0 radical (unpaired) electrons. The van der Waals surface area contributed by atoms with Gasteiger partial charge in [0.05, 0.1) is 0 Å². The molecule has 0 fully saturated rings. The van der Waals surface area contributed by atoms with Gasteiger partial charge in [-0.1, -0.05) is 77.8 Å². The Morgan fingerprint density at radius 1 is 0.722 bits per heavy atom. The number of alkyl halides is 2. The summed E-state index contributed by atoms with van der Waals surface area (Å²) in [6.45, 7) is 0. The first-order valence-electron chi connectivity index (χ1n) is 6.67. The largest absolute Gasteiger partial charge is 0.0889 e. The van der Waals surface area contributed by atoms with Crippen LogP contribution >= 0.6 is 53.4 Å². The van der Waals surface area contributed by atoms with Crippen LogP contribution in [0, 0.1) is 0 Å². The smallest absolute Gasteiger partial charge is 0.0311 e. The lowest BCUT2D eigenvalue weighted by atomic mass is 10.2. The van der Waals surface area contributed by atoms with E-state index >= 15 is 0 Å². The summed E-state index contributed by atoms with van der Waals surface area (Å²) in [4.78, 5) is 1.33. The van der Waals surface area contributed by atoms with Crippen molar-refractivity contribution in [3.63, 3.8) is 0 Å². The van der Waals surface area contributed by atoms with E-state index in [-0.39, 0.29) is 0 Å². The maximum atomic E-state index is 3.86. The lowest BCUT2D eigenvalue weighted by Crippen LogP contribution is -2.18. The molecular weight excluding hydrogens is 392 g/mol. The maximum absolute atomic E-state index is 3.86. The highest BCUT2D eigenvalue weighted by Gasteiger charge is 2.25. The molecule has 4 unspecified atom stereocenters. The van der Waals surface area contributed by atoms with E-state index in [1.54, 1.807) is 0 Å². The average Bonchev–Trinajstić information content (AvgIpc) is 2.68. The Morgan fingerprint density at radius 2 is 1.17 bits per heavy atom. The molecule has 0 aromatic carbocycles. The van der Waals surface area contributed by atoms with Crippen molar-refractivity contribution in [2.24, 2.45) is 0 Å². The van der Waals surface area contributed by atoms with Crippen molar-refractivity contribution < 1.29 is 0 Å². The molecule has 2 aliphatic rings. The highest BCUT2D eigenvalue weighted by molar-refractivity contribution is 9.10. The zero-order valence-corrected chi connectivity index (χ0v) is 15.2. The second-order valence-electron chi connectivity index (χ2n) is 4.87. The third kappa shape index (κ3) is 4.92. The monoisotopic (exact) mass is 410 g/mol. The van der Waals surface area contributed by atoms with Crippen LogP contribution in [0.5, 0.6) is 0 Å². The fraction of sp³-hybridized carbons (Fsp3) is 0.714. The predicted molar refractivity (Wildman–Crippen MR) is 94.2 cm³/mol. The summed E-state index contributed by atoms with van der Waals surface area (Å²) in [5.41, 5.74) is 0. The van der Waals surface area contributed by atoms with Crippen molar-refractivity contribution in [3.05, 3.63) is 24.3 Å². The molecule has 4 heteroatoms. The molecule has 0 amide bonds. The summed E-state index contributed by atoms with van der Waals surface area (Å²) in [5, 5.41) is 1.45. The Morgan fingerprint density at radius 3 is 1.61 bits per heavy atom. The number of rotatable bonds is 3. The fourth-order valence-electron chi connectivity index (χ4n) is 2.22. The van der Waals surface area contributed by atoms with Gasteiger partial charge in [0.2, 0.25) is 0 Å². The molecule has 102 valence electrons. The standard InChI is InChI=1S/C14H20Br2S2/c15-11-7-3-1-5-9-13(11)17-18-14-10-6-2-4-8-12(14)16/h1-2,5-6,11-14H,3-4,7-10H2. The van der Waals surface area contributed by atoms with Crippen LogP contribution in [0.2, 0.25) is 0 Å². The second-order valence-corrected chi connectivity index (χ2v) is 9.97. The van der Waals surface area contributed by atoms with Gasteiger partial charge >= 0.3 is 0 Å². The Labute approximate surface area is 135 Å². The maximum Gasteiger partial charge on any atom is 0.0311 e. The summed E-state index contributed by atoms with van der Waals surface area (Å²) in [6.07, 6.45) is 16.8. The summed E-state index contributed by atoms with van der Waals surface area (Å²) in [7, 11) is 4.19. The Balaban J connectivity index is 1.81. The van der Waals surface area contributed by atoms with E-state index in [1.165, 1.54) is 38.5 Å². The van der Waals surface area contributed by atoms with E-state index in [4.69, 9.17) is 0 Å². The van der Waals surface area contributed by atoms with Gasteiger partial charge in [0.1, 0.15) is 0 Å². The summed E-state index contributed by atoms with van der Waals surface area (Å²) < 4.78 is 0. The summed E-state index contributed by atoms with van der Waals surface area (Å²) in [5.74, 6) is 0. The van der Waals surface area contributed by atoms with Crippen molar-refractivity contribution in [2.45, 2.75) is 58.7 Å². The van der Waals surface area contributed by atoms with Crippen molar-refractivity contribution >= 4 is 53.4 Å². The third-order valence-electron chi connectivity index (χ3n) is 3.40. The van der Waals surface area contributed by atoms with Crippen molar-refractivity contribution in [2.75, 3.05) is 0 Å². The van der Waals surface area contributed by atoms with Crippen LogP contribution in [-0.4, -0.2) is 20.2 Å². The zero-order valence-electron chi connectivity index (χ0n) is 10.4. The summed E-state index contributed by atoms with van der Waals surface area (Å²) in [6, 6.07) is 0. The van der Waals surface area contributed by atoms with Gasteiger partial charge in [0, 0.05) is 20.2 Å². The van der Waals surface area contributed by atoms with E-state index in [2.05, 4.69) is 77.8 Å². The molecule has 0 aromatic rings. The van der Waals surface area contributed by atoms with Gasteiger partial charge in [-0.3, -0.25) is 0 Å². The van der Waals surface area contributed by atoms with Crippen LogP contribution in [0.15, 0.2) is 24.3 Å². The van der Waals surface area contributed by atoms with Crippen LogP contribution in [0.4, 0.5) is 0 Å². The number of hydrogen-bond donors (Lipinski definition) is 0. The molecule has 18 heavy (non-hydrogen) atoms. The number of allylic oxidation sites excluding steroid dienone is 4. The Hall–Kier alpha value is 1.14. The topological polar surface area (TPSA) is 0 Å². The minimum absolute atomic E-state index is 0.667. The Kier molecular flexibility index (Phi) is 7.27. The van der Waals surface area contributed by atoms with E-state index in [0.29, 0.717) is 9.65 Å². The van der Waals surface area contributed by atoms with Gasteiger partial charge in [-0.05, 0) is 38.5 Å². The van der Waals surface area contributed by atoms with Gasteiger partial charge in [-0.15, -0.1) is 0 Å². The third-order valence-corrected chi connectivity index (χ3v) is 9.75. The molecule has 2 rings (SSSR count). The van der Waals surface area contributed by atoms with Gasteiger partial charge in [0.15, 0.2) is 0 Å². The van der Waals surface area contributed by atoms with Crippen LogP contribution in [0.1, 0.15) is 38.5 Å². The predicted octanol–water partition coefficient (Wildman–Crippen LogP) is 6.11. The van der Waals surface area contributed by atoms with Gasteiger partial charge in [0.25, 0.3) is 0 Å². The molecule has 0 heterocycles. The van der Waals surface area contributed by atoms with Crippen LogP contribution < -0.4 is 0 Å². The molecule has 0 spiro atoms. The summed E-state index contributed by atoms with van der Waals surface area (Å²) >= 11 is 7.72. The SMILES string of the molecule is BrC1CCC=CCC1SSC1CC=CCCC1Br. The van der Waals surface area contributed by atoms with E-state index < -0.39 is 0 Å². The van der Waals surface area contributed by atoms with Gasteiger partial charge in [-0.25, -0.2) is 0 Å². The van der Waals surface area contributed by atoms with Gasteiger partial charge in [-0.2, -0.15) is 0 Å². The highest BCUT2D eigenvalue weighted by Crippen LogP contribution is 2.43. The second kappa shape index (κ2) is 8.43. The zero-order chi connectivity index (χ0) is 12.8. The first-order valence-corrected chi connectivity index (χ1v) is 10.8. The lowest BCUT2D eigenvalue weighted by Gasteiger charge is -2.23.